The van der Waals surface area contributed by atoms with Gasteiger partial charge >= 0.3 is 6.18 Å². The zero-order valence-electron chi connectivity index (χ0n) is 12.0. The summed E-state index contributed by atoms with van der Waals surface area (Å²) in [5, 5.41) is 5.67. The van der Waals surface area contributed by atoms with Crippen molar-refractivity contribution < 1.29 is 13.2 Å². The van der Waals surface area contributed by atoms with Crippen LogP contribution in [0, 0.1) is 0 Å². The Hall–Kier alpha value is -1.57. The summed E-state index contributed by atoms with van der Waals surface area (Å²) in [5.41, 5.74) is -0.933. The molecule has 21 heavy (non-hydrogen) atoms. The number of hydrogen-bond acceptors (Lipinski definition) is 5. The predicted molar refractivity (Wildman–Crippen MR) is 75.4 cm³/mol. The summed E-state index contributed by atoms with van der Waals surface area (Å²) in [6.45, 7) is 5.74. The second-order valence-corrected chi connectivity index (χ2v) is 4.97. The van der Waals surface area contributed by atoms with Crippen LogP contribution in [0.5, 0.6) is 0 Å². The summed E-state index contributed by atoms with van der Waals surface area (Å²) in [6.07, 6.45) is -2.09. The molecule has 118 valence electrons. The molecule has 0 saturated carbocycles. The SMILES string of the molecule is CCNc1nc(NCCN2CCCC2)cc(C(F)(F)F)n1. The van der Waals surface area contributed by atoms with E-state index in [-0.39, 0.29) is 11.8 Å². The highest BCUT2D eigenvalue weighted by Crippen LogP contribution is 2.29. The van der Waals surface area contributed by atoms with Gasteiger partial charge in [-0.1, -0.05) is 0 Å². The molecule has 1 aromatic heterocycles. The van der Waals surface area contributed by atoms with Gasteiger partial charge in [-0.05, 0) is 32.9 Å². The van der Waals surface area contributed by atoms with Crippen LogP contribution >= 0.6 is 0 Å². The van der Waals surface area contributed by atoms with Crippen molar-refractivity contribution in [1.29, 1.82) is 0 Å². The van der Waals surface area contributed by atoms with Crippen molar-refractivity contribution in [2.45, 2.75) is 25.9 Å². The van der Waals surface area contributed by atoms with Gasteiger partial charge in [0.2, 0.25) is 5.95 Å². The molecule has 5 nitrogen and oxygen atoms in total. The van der Waals surface area contributed by atoms with E-state index in [0.717, 1.165) is 25.7 Å². The second-order valence-electron chi connectivity index (χ2n) is 4.97. The number of nitrogens with one attached hydrogen (secondary N) is 2. The van der Waals surface area contributed by atoms with E-state index in [9.17, 15) is 13.2 Å². The Balaban J connectivity index is 2.00. The fourth-order valence-corrected chi connectivity index (χ4v) is 2.27. The molecule has 0 aromatic carbocycles. The molecule has 1 aromatic rings. The first-order valence-corrected chi connectivity index (χ1v) is 7.15. The third-order valence-corrected chi connectivity index (χ3v) is 3.28. The number of hydrogen-bond donors (Lipinski definition) is 2. The summed E-state index contributed by atoms with van der Waals surface area (Å²) in [4.78, 5) is 9.81. The highest BCUT2D eigenvalue weighted by atomic mass is 19.4. The fraction of sp³-hybridized carbons (Fsp3) is 0.692. The molecule has 0 amide bonds. The Bertz CT molecular complexity index is 458. The third kappa shape index (κ3) is 4.73. The first kappa shape index (κ1) is 15.8. The van der Waals surface area contributed by atoms with Crippen LogP contribution in [0.15, 0.2) is 6.07 Å². The minimum Gasteiger partial charge on any atom is -0.369 e. The summed E-state index contributed by atoms with van der Waals surface area (Å²) >= 11 is 0. The van der Waals surface area contributed by atoms with Crippen LogP contribution in [0.25, 0.3) is 0 Å². The predicted octanol–water partition coefficient (Wildman–Crippen LogP) is 2.43. The monoisotopic (exact) mass is 303 g/mol. The largest absolute Gasteiger partial charge is 0.433 e. The summed E-state index contributed by atoms with van der Waals surface area (Å²) in [7, 11) is 0. The number of halogens is 3. The average molecular weight is 303 g/mol. The maximum atomic E-state index is 12.8. The molecule has 0 spiro atoms. The Labute approximate surface area is 122 Å². The topological polar surface area (TPSA) is 53.1 Å². The lowest BCUT2D eigenvalue weighted by atomic mass is 10.3. The summed E-state index contributed by atoms with van der Waals surface area (Å²) < 4.78 is 38.4. The van der Waals surface area contributed by atoms with Gasteiger partial charge in [0.25, 0.3) is 0 Å². The zero-order chi connectivity index (χ0) is 15.3. The summed E-state index contributed by atoms with van der Waals surface area (Å²) in [6, 6.07) is 0.949. The zero-order valence-corrected chi connectivity index (χ0v) is 12.0. The molecular weight excluding hydrogens is 283 g/mol. The number of alkyl halides is 3. The van der Waals surface area contributed by atoms with E-state index in [1.54, 1.807) is 6.92 Å². The van der Waals surface area contributed by atoms with Crippen LogP contribution in [0.3, 0.4) is 0 Å². The highest BCUT2D eigenvalue weighted by molar-refractivity contribution is 5.43. The van der Waals surface area contributed by atoms with Gasteiger partial charge in [-0.15, -0.1) is 0 Å². The lowest BCUT2D eigenvalue weighted by molar-refractivity contribution is -0.141. The maximum absolute atomic E-state index is 12.8. The standard InChI is InChI=1S/C13H20F3N5/c1-2-17-12-19-10(13(14,15)16)9-11(20-12)18-5-8-21-6-3-4-7-21/h9H,2-8H2,1H3,(H2,17,18,19,20). The molecule has 2 heterocycles. The Morgan fingerprint density at radius 1 is 1.19 bits per heavy atom. The van der Waals surface area contributed by atoms with E-state index in [4.69, 9.17) is 0 Å². The molecule has 0 atom stereocenters. The highest BCUT2D eigenvalue weighted by Gasteiger charge is 2.33. The van der Waals surface area contributed by atoms with Gasteiger partial charge in [0.15, 0.2) is 5.69 Å². The van der Waals surface area contributed by atoms with Gasteiger partial charge in [0.1, 0.15) is 5.82 Å². The molecule has 1 fully saturated rings. The van der Waals surface area contributed by atoms with Crippen molar-refractivity contribution in [1.82, 2.24) is 14.9 Å². The Morgan fingerprint density at radius 3 is 2.52 bits per heavy atom. The van der Waals surface area contributed by atoms with Gasteiger partial charge in [0.05, 0.1) is 0 Å². The number of nitrogens with zero attached hydrogens (tertiary/aromatic N) is 3. The van der Waals surface area contributed by atoms with E-state index in [1.807, 2.05) is 0 Å². The molecule has 0 bridgehead atoms. The quantitative estimate of drug-likeness (QED) is 0.845. The first-order valence-electron chi connectivity index (χ1n) is 7.15. The summed E-state index contributed by atoms with van der Waals surface area (Å²) in [5.74, 6) is 0.198. The molecular formula is C13H20F3N5. The van der Waals surface area contributed by atoms with Crippen LogP contribution in [0.1, 0.15) is 25.5 Å². The van der Waals surface area contributed by atoms with E-state index >= 15 is 0 Å². The van der Waals surface area contributed by atoms with E-state index in [1.165, 1.54) is 12.8 Å². The second kappa shape index (κ2) is 6.93. The minimum absolute atomic E-state index is 0.00371. The minimum atomic E-state index is -4.47. The van der Waals surface area contributed by atoms with E-state index in [0.29, 0.717) is 13.1 Å². The van der Waals surface area contributed by atoms with Crippen molar-refractivity contribution in [2.24, 2.45) is 0 Å². The Kier molecular flexibility index (Phi) is 5.22. The normalized spacial score (nSPS) is 16.2. The lowest BCUT2D eigenvalue weighted by Crippen LogP contribution is -2.26. The van der Waals surface area contributed by atoms with Gasteiger partial charge in [-0.2, -0.15) is 18.2 Å². The fourth-order valence-electron chi connectivity index (χ4n) is 2.27. The number of likely N-dealkylation sites (tertiary alicyclic amines) is 1. The van der Waals surface area contributed by atoms with Gasteiger partial charge < -0.3 is 15.5 Å². The number of anilines is 2. The average Bonchev–Trinajstić information content (AvgIpc) is 2.91. The van der Waals surface area contributed by atoms with Crippen molar-refractivity contribution in [3.63, 3.8) is 0 Å². The van der Waals surface area contributed by atoms with E-state index in [2.05, 4.69) is 25.5 Å². The molecule has 1 aliphatic rings. The van der Waals surface area contributed by atoms with Crippen molar-refractivity contribution in [3.8, 4) is 0 Å². The van der Waals surface area contributed by atoms with Crippen LogP contribution < -0.4 is 10.6 Å². The first-order chi connectivity index (χ1) is 9.99. The lowest BCUT2D eigenvalue weighted by Gasteiger charge is -2.16. The molecule has 0 aliphatic carbocycles. The molecule has 0 unspecified atom stereocenters. The number of aromatic nitrogens is 2. The molecule has 0 radical (unpaired) electrons. The van der Waals surface area contributed by atoms with Crippen LogP contribution in [0.4, 0.5) is 24.9 Å². The molecule has 1 aliphatic heterocycles. The molecule has 2 N–H and O–H groups in total. The van der Waals surface area contributed by atoms with Crippen molar-refractivity contribution >= 4 is 11.8 Å². The molecule has 2 rings (SSSR count). The van der Waals surface area contributed by atoms with Gasteiger partial charge in [0, 0.05) is 25.7 Å². The van der Waals surface area contributed by atoms with E-state index < -0.39 is 11.9 Å². The van der Waals surface area contributed by atoms with Gasteiger partial charge in [-0.3, -0.25) is 0 Å². The number of rotatable bonds is 6. The maximum Gasteiger partial charge on any atom is 0.433 e. The Morgan fingerprint density at radius 2 is 1.90 bits per heavy atom. The van der Waals surface area contributed by atoms with Crippen molar-refractivity contribution in [2.75, 3.05) is 43.4 Å². The smallest absolute Gasteiger partial charge is 0.369 e. The van der Waals surface area contributed by atoms with Crippen LogP contribution in [0.2, 0.25) is 0 Å². The van der Waals surface area contributed by atoms with Crippen LogP contribution in [-0.4, -0.2) is 47.6 Å². The third-order valence-electron chi connectivity index (χ3n) is 3.28. The molecule has 1 saturated heterocycles. The molecule has 8 heteroatoms. The van der Waals surface area contributed by atoms with Gasteiger partial charge in [-0.25, -0.2) is 4.98 Å². The van der Waals surface area contributed by atoms with Crippen molar-refractivity contribution in [3.05, 3.63) is 11.8 Å². The van der Waals surface area contributed by atoms with Crippen LogP contribution in [-0.2, 0) is 6.18 Å².